The zero-order valence-electron chi connectivity index (χ0n) is 17.7. The van der Waals surface area contributed by atoms with Gasteiger partial charge in [0.05, 0.1) is 13.2 Å². The standard InChI is InChI=1S/C20H31N7O2S/c1-3-18-25-23-15-27(18)12-9-21-19(22-14-17-6-5-13-30-17)24-16-7-10-26(11-8-16)20(28)29-4-2/h5-6,13,15-16H,3-4,7-12,14H2,1-2H3,(H2,21,22,24). The van der Waals surface area contributed by atoms with Gasteiger partial charge >= 0.3 is 6.09 Å². The smallest absolute Gasteiger partial charge is 0.409 e. The third kappa shape index (κ3) is 6.45. The van der Waals surface area contributed by atoms with Gasteiger partial charge in [0.25, 0.3) is 0 Å². The van der Waals surface area contributed by atoms with Crippen molar-refractivity contribution in [1.82, 2.24) is 30.3 Å². The maximum atomic E-state index is 11.9. The number of carbonyl (C=O) groups excluding carboxylic acids is 1. The number of amides is 1. The van der Waals surface area contributed by atoms with Crippen LogP contribution >= 0.6 is 11.3 Å². The van der Waals surface area contributed by atoms with Gasteiger partial charge in [0.15, 0.2) is 5.96 Å². The average molecular weight is 434 g/mol. The number of carbonyl (C=O) groups is 1. The lowest BCUT2D eigenvalue weighted by atomic mass is 10.1. The Labute approximate surface area is 181 Å². The van der Waals surface area contributed by atoms with Crippen molar-refractivity contribution < 1.29 is 9.53 Å². The summed E-state index contributed by atoms with van der Waals surface area (Å²) in [6.45, 7) is 7.84. The third-order valence-electron chi connectivity index (χ3n) is 4.99. The van der Waals surface area contributed by atoms with Gasteiger partial charge in [-0.1, -0.05) is 13.0 Å². The minimum Gasteiger partial charge on any atom is -0.450 e. The van der Waals surface area contributed by atoms with E-state index < -0.39 is 0 Å². The SMILES string of the molecule is CCOC(=O)N1CCC(NC(=NCc2cccs2)NCCn2cnnc2CC)CC1. The zero-order valence-corrected chi connectivity index (χ0v) is 18.5. The molecule has 10 heteroatoms. The molecular formula is C20H31N7O2S. The van der Waals surface area contributed by atoms with Gasteiger partial charge in [0, 0.05) is 43.5 Å². The molecule has 0 atom stereocenters. The molecule has 0 aromatic carbocycles. The van der Waals surface area contributed by atoms with Crippen LogP contribution in [0.25, 0.3) is 0 Å². The van der Waals surface area contributed by atoms with Crippen LogP contribution in [0.4, 0.5) is 4.79 Å². The van der Waals surface area contributed by atoms with E-state index in [0.29, 0.717) is 26.2 Å². The number of ether oxygens (including phenoxy) is 1. The Morgan fingerprint density at radius 3 is 2.90 bits per heavy atom. The van der Waals surface area contributed by atoms with Crippen LogP contribution in [-0.4, -0.2) is 64.0 Å². The van der Waals surface area contributed by atoms with Gasteiger partial charge in [-0.15, -0.1) is 21.5 Å². The molecule has 3 rings (SSSR count). The topological polar surface area (TPSA) is 96.7 Å². The fraction of sp³-hybridized carbons (Fsp3) is 0.600. The number of aliphatic imine (C=N–C) groups is 1. The van der Waals surface area contributed by atoms with E-state index in [1.54, 1.807) is 22.6 Å². The maximum absolute atomic E-state index is 11.9. The highest BCUT2D eigenvalue weighted by molar-refractivity contribution is 7.09. The second kappa shape index (κ2) is 11.5. The minimum atomic E-state index is -0.221. The second-order valence-electron chi connectivity index (χ2n) is 7.07. The van der Waals surface area contributed by atoms with Crippen LogP contribution in [0.3, 0.4) is 0 Å². The van der Waals surface area contributed by atoms with Crippen molar-refractivity contribution in [3.63, 3.8) is 0 Å². The van der Waals surface area contributed by atoms with Crippen molar-refractivity contribution in [2.75, 3.05) is 26.2 Å². The van der Waals surface area contributed by atoms with E-state index in [0.717, 1.165) is 44.1 Å². The summed E-state index contributed by atoms with van der Waals surface area (Å²) in [5.74, 6) is 1.78. The Kier molecular flexibility index (Phi) is 8.49. The lowest BCUT2D eigenvalue weighted by Gasteiger charge is -2.32. The molecular weight excluding hydrogens is 402 g/mol. The van der Waals surface area contributed by atoms with Gasteiger partial charge in [-0.2, -0.15) is 0 Å². The van der Waals surface area contributed by atoms with E-state index >= 15 is 0 Å². The molecule has 30 heavy (non-hydrogen) atoms. The number of nitrogens with one attached hydrogen (secondary N) is 2. The van der Waals surface area contributed by atoms with E-state index in [-0.39, 0.29) is 12.1 Å². The number of thiophene rings is 1. The van der Waals surface area contributed by atoms with Crippen LogP contribution in [0.15, 0.2) is 28.8 Å². The van der Waals surface area contributed by atoms with E-state index in [1.807, 2.05) is 13.0 Å². The number of piperidine rings is 1. The number of hydrogen-bond acceptors (Lipinski definition) is 6. The fourth-order valence-corrected chi connectivity index (χ4v) is 3.99. The molecule has 1 aliphatic heterocycles. The first-order valence-electron chi connectivity index (χ1n) is 10.5. The van der Waals surface area contributed by atoms with Gasteiger partial charge in [-0.25, -0.2) is 9.79 Å². The largest absolute Gasteiger partial charge is 0.450 e. The summed E-state index contributed by atoms with van der Waals surface area (Å²) in [5, 5.41) is 17.2. The molecule has 2 aromatic rings. The van der Waals surface area contributed by atoms with Crippen molar-refractivity contribution >= 4 is 23.4 Å². The predicted molar refractivity (Wildman–Crippen MR) is 118 cm³/mol. The number of aromatic nitrogens is 3. The van der Waals surface area contributed by atoms with Crippen LogP contribution in [-0.2, 0) is 24.2 Å². The summed E-state index contributed by atoms with van der Waals surface area (Å²) in [6, 6.07) is 4.40. The van der Waals surface area contributed by atoms with E-state index in [2.05, 4.69) is 43.8 Å². The maximum Gasteiger partial charge on any atom is 0.409 e. The second-order valence-corrected chi connectivity index (χ2v) is 8.10. The molecule has 2 aromatic heterocycles. The summed E-state index contributed by atoms with van der Waals surface area (Å²) in [5.41, 5.74) is 0. The highest BCUT2D eigenvalue weighted by atomic mass is 32.1. The molecule has 1 aliphatic rings. The van der Waals surface area contributed by atoms with Crippen LogP contribution in [0.2, 0.25) is 0 Å². The Hall–Kier alpha value is -2.62. The minimum absolute atomic E-state index is 0.221. The molecule has 164 valence electrons. The first-order chi connectivity index (χ1) is 14.7. The molecule has 3 heterocycles. The van der Waals surface area contributed by atoms with Crippen LogP contribution in [0.1, 0.15) is 37.4 Å². The molecule has 2 N–H and O–H groups in total. The number of aryl methyl sites for hydroxylation is 1. The molecule has 0 spiro atoms. The van der Waals surface area contributed by atoms with E-state index in [4.69, 9.17) is 9.73 Å². The molecule has 0 saturated carbocycles. The quantitative estimate of drug-likeness (QED) is 0.490. The highest BCUT2D eigenvalue weighted by Crippen LogP contribution is 2.12. The van der Waals surface area contributed by atoms with Gasteiger partial charge in [-0.05, 0) is 31.2 Å². The Balaban J connectivity index is 1.53. The number of likely N-dealkylation sites (tertiary alicyclic amines) is 1. The molecule has 1 fully saturated rings. The fourth-order valence-electron chi connectivity index (χ4n) is 3.36. The van der Waals surface area contributed by atoms with Gasteiger partial charge in [0.1, 0.15) is 12.2 Å². The summed E-state index contributed by atoms with van der Waals surface area (Å²) < 4.78 is 7.16. The zero-order chi connectivity index (χ0) is 21.2. The summed E-state index contributed by atoms with van der Waals surface area (Å²) >= 11 is 1.70. The molecule has 0 radical (unpaired) electrons. The average Bonchev–Trinajstić information content (AvgIpc) is 3.44. The molecule has 1 saturated heterocycles. The van der Waals surface area contributed by atoms with Crippen molar-refractivity contribution in [2.45, 2.75) is 52.2 Å². The molecule has 1 amide bonds. The van der Waals surface area contributed by atoms with E-state index in [1.165, 1.54) is 4.88 Å². The van der Waals surface area contributed by atoms with E-state index in [9.17, 15) is 4.79 Å². The summed E-state index contributed by atoms with van der Waals surface area (Å²) in [7, 11) is 0. The third-order valence-corrected chi connectivity index (χ3v) is 5.85. The Bertz CT molecular complexity index is 798. The number of guanidine groups is 1. The van der Waals surface area contributed by atoms with Gasteiger partial charge < -0.3 is 24.8 Å². The summed E-state index contributed by atoms with van der Waals surface area (Å²) in [6.07, 6.45) is 4.13. The van der Waals surface area contributed by atoms with Crippen molar-refractivity contribution in [3.05, 3.63) is 34.5 Å². The monoisotopic (exact) mass is 433 g/mol. The predicted octanol–water partition coefficient (Wildman–Crippen LogP) is 2.26. The number of rotatable bonds is 8. The van der Waals surface area contributed by atoms with Gasteiger partial charge in [-0.3, -0.25) is 0 Å². The van der Waals surface area contributed by atoms with Crippen LogP contribution in [0, 0.1) is 0 Å². The Morgan fingerprint density at radius 1 is 1.37 bits per heavy atom. The van der Waals surface area contributed by atoms with Crippen LogP contribution in [0.5, 0.6) is 0 Å². The highest BCUT2D eigenvalue weighted by Gasteiger charge is 2.24. The molecule has 0 unspecified atom stereocenters. The van der Waals surface area contributed by atoms with Crippen molar-refractivity contribution in [1.29, 1.82) is 0 Å². The Morgan fingerprint density at radius 2 is 2.20 bits per heavy atom. The normalized spacial score (nSPS) is 15.3. The molecule has 0 bridgehead atoms. The molecule has 9 nitrogen and oxygen atoms in total. The van der Waals surface area contributed by atoms with Crippen molar-refractivity contribution in [2.24, 2.45) is 4.99 Å². The number of hydrogen-bond donors (Lipinski definition) is 2. The van der Waals surface area contributed by atoms with Gasteiger partial charge in [0.2, 0.25) is 0 Å². The lowest BCUT2D eigenvalue weighted by molar-refractivity contribution is 0.0963. The first kappa shape index (κ1) is 22.1. The molecule has 0 aliphatic carbocycles. The first-order valence-corrected chi connectivity index (χ1v) is 11.4. The number of nitrogens with zero attached hydrogens (tertiary/aromatic N) is 5. The van der Waals surface area contributed by atoms with Crippen molar-refractivity contribution in [3.8, 4) is 0 Å². The lowest BCUT2D eigenvalue weighted by Crippen LogP contribution is -2.50. The summed E-state index contributed by atoms with van der Waals surface area (Å²) in [4.78, 5) is 19.7. The van der Waals surface area contributed by atoms with Crippen LogP contribution < -0.4 is 10.6 Å².